The Bertz CT molecular complexity index is 423. The summed E-state index contributed by atoms with van der Waals surface area (Å²) in [6.07, 6.45) is -0.00615. The van der Waals surface area contributed by atoms with Crippen LogP contribution in [0.5, 0.6) is 5.75 Å². The highest BCUT2D eigenvalue weighted by atomic mass is 79.9. The van der Waals surface area contributed by atoms with Crippen molar-refractivity contribution >= 4 is 21.9 Å². The third-order valence-electron chi connectivity index (χ3n) is 2.60. The number of esters is 1. The summed E-state index contributed by atoms with van der Waals surface area (Å²) in [5.74, 6) is 0.368. The van der Waals surface area contributed by atoms with E-state index in [-0.39, 0.29) is 5.97 Å². The molecule has 0 saturated heterocycles. The second kappa shape index (κ2) is 8.17. The molecular weight excluding hydrogens is 310 g/mol. The summed E-state index contributed by atoms with van der Waals surface area (Å²) in [5, 5.41) is 3.08. The Labute approximate surface area is 122 Å². The van der Waals surface area contributed by atoms with Crippen LogP contribution in [0.2, 0.25) is 0 Å². The van der Waals surface area contributed by atoms with Crippen LogP contribution < -0.4 is 10.1 Å². The van der Waals surface area contributed by atoms with Crippen LogP contribution in [-0.4, -0.2) is 25.7 Å². The number of ether oxygens (including phenoxy) is 2. The van der Waals surface area contributed by atoms with Gasteiger partial charge in [0.1, 0.15) is 5.75 Å². The molecule has 1 atom stereocenters. The molecule has 0 amide bonds. The van der Waals surface area contributed by atoms with E-state index in [0.717, 1.165) is 10.0 Å². The van der Waals surface area contributed by atoms with Crippen molar-refractivity contribution in [3.63, 3.8) is 0 Å². The van der Waals surface area contributed by atoms with Gasteiger partial charge >= 0.3 is 5.97 Å². The van der Waals surface area contributed by atoms with E-state index in [0.29, 0.717) is 25.3 Å². The fourth-order valence-corrected chi connectivity index (χ4v) is 2.19. The number of hydrogen-bond donors (Lipinski definition) is 1. The van der Waals surface area contributed by atoms with Crippen molar-refractivity contribution in [3.05, 3.63) is 28.2 Å². The minimum absolute atomic E-state index is 0.323. The predicted octanol–water partition coefficient (Wildman–Crippen LogP) is 2.89. The fraction of sp³-hybridized carbons (Fsp3) is 0.500. The van der Waals surface area contributed by atoms with Crippen LogP contribution in [0.15, 0.2) is 22.7 Å². The first kappa shape index (κ1) is 16.0. The van der Waals surface area contributed by atoms with Crippen LogP contribution in [0.1, 0.15) is 25.8 Å². The SMILES string of the molecule is CCOC(=O)C(CC)Oc1c(Br)cccc1CNC. The highest BCUT2D eigenvalue weighted by Crippen LogP contribution is 2.30. The van der Waals surface area contributed by atoms with Crippen molar-refractivity contribution in [2.24, 2.45) is 0 Å². The van der Waals surface area contributed by atoms with Gasteiger partial charge in [0.25, 0.3) is 0 Å². The average Bonchev–Trinajstić information content (AvgIpc) is 2.39. The van der Waals surface area contributed by atoms with Gasteiger partial charge in [-0.25, -0.2) is 4.79 Å². The number of halogens is 1. The summed E-state index contributed by atoms with van der Waals surface area (Å²) >= 11 is 3.46. The van der Waals surface area contributed by atoms with Crippen molar-refractivity contribution < 1.29 is 14.3 Å². The Morgan fingerprint density at radius 2 is 2.16 bits per heavy atom. The van der Waals surface area contributed by atoms with Crippen LogP contribution in [0, 0.1) is 0 Å². The minimum atomic E-state index is -0.575. The Morgan fingerprint density at radius 1 is 1.42 bits per heavy atom. The fourth-order valence-electron chi connectivity index (χ4n) is 1.69. The molecular formula is C14H20BrNO3. The molecule has 1 aromatic carbocycles. The molecule has 0 heterocycles. The molecule has 1 unspecified atom stereocenters. The summed E-state index contributed by atoms with van der Waals surface area (Å²) in [7, 11) is 1.87. The van der Waals surface area contributed by atoms with Gasteiger partial charge in [-0.3, -0.25) is 0 Å². The van der Waals surface area contributed by atoms with Gasteiger partial charge in [0.2, 0.25) is 0 Å². The molecule has 5 heteroatoms. The zero-order valence-electron chi connectivity index (χ0n) is 11.5. The summed E-state index contributed by atoms with van der Waals surface area (Å²) in [5.41, 5.74) is 1.000. The van der Waals surface area contributed by atoms with Gasteiger partial charge in [0.05, 0.1) is 11.1 Å². The van der Waals surface area contributed by atoms with Gasteiger partial charge < -0.3 is 14.8 Å². The van der Waals surface area contributed by atoms with Crippen LogP contribution >= 0.6 is 15.9 Å². The van der Waals surface area contributed by atoms with E-state index >= 15 is 0 Å². The first-order valence-corrected chi connectivity index (χ1v) is 7.18. The lowest BCUT2D eigenvalue weighted by molar-refractivity contribution is -0.151. The molecule has 4 nitrogen and oxygen atoms in total. The molecule has 1 aromatic rings. The van der Waals surface area contributed by atoms with E-state index in [2.05, 4.69) is 21.2 Å². The monoisotopic (exact) mass is 329 g/mol. The normalized spacial score (nSPS) is 12.0. The summed E-state index contributed by atoms with van der Waals surface area (Å²) in [6, 6.07) is 5.80. The summed E-state index contributed by atoms with van der Waals surface area (Å²) < 4.78 is 11.7. The molecule has 0 spiro atoms. The van der Waals surface area contributed by atoms with Gasteiger partial charge in [-0.05, 0) is 42.4 Å². The second-order valence-electron chi connectivity index (χ2n) is 4.03. The third-order valence-corrected chi connectivity index (χ3v) is 3.22. The number of para-hydroxylation sites is 1. The maximum Gasteiger partial charge on any atom is 0.347 e. The standard InChI is InChI=1S/C14H20BrNO3/c1-4-12(14(17)18-5-2)19-13-10(9-16-3)7-6-8-11(13)15/h6-8,12,16H,4-5,9H2,1-3H3. The van der Waals surface area contributed by atoms with Crippen LogP contribution in [0.3, 0.4) is 0 Å². The molecule has 0 fully saturated rings. The summed E-state index contributed by atoms with van der Waals surface area (Å²) in [4.78, 5) is 11.8. The van der Waals surface area contributed by atoms with E-state index in [1.807, 2.05) is 32.2 Å². The Hall–Kier alpha value is -1.07. The van der Waals surface area contributed by atoms with E-state index in [1.54, 1.807) is 6.92 Å². The van der Waals surface area contributed by atoms with E-state index < -0.39 is 6.10 Å². The van der Waals surface area contributed by atoms with Crippen molar-refractivity contribution in [1.29, 1.82) is 0 Å². The van der Waals surface area contributed by atoms with Gasteiger partial charge in [-0.1, -0.05) is 19.1 Å². The van der Waals surface area contributed by atoms with Gasteiger partial charge in [-0.2, -0.15) is 0 Å². The molecule has 0 bridgehead atoms. The number of nitrogens with one attached hydrogen (secondary N) is 1. The molecule has 19 heavy (non-hydrogen) atoms. The largest absolute Gasteiger partial charge is 0.477 e. The predicted molar refractivity (Wildman–Crippen MR) is 78.2 cm³/mol. The molecule has 0 radical (unpaired) electrons. The van der Waals surface area contributed by atoms with Crippen molar-refractivity contribution in [2.75, 3.05) is 13.7 Å². The van der Waals surface area contributed by atoms with Gasteiger partial charge in [0, 0.05) is 12.1 Å². The Morgan fingerprint density at radius 3 is 2.74 bits per heavy atom. The van der Waals surface area contributed by atoms with Crippen molar-refractivity contribution in [3.8, 4) is 5.75 Å². The van der Waals surface area contributed by atoms with Gasteiger partial charge in [0.15, 0.2) is 6.10 Å². The highest BCUT2D eigenvalue weighted by Gasteiger charge is 2.22. The van der Waals surface area contributed by atoms with E-state index in [4.69, 9.17) is 9.47 Å². The molecule has 0 aliphatic carbocycles. The van der Waals surface area contributed by atoms with Crippen molar-refractivity contribution in [1.82, 2.24) is 5.32 Å². The van der Waals surface area contributed by atoms with E-state index in [9.17, 15) is 4.79 Å². The number of hydrogen-bond acceptors (Lipinski definition) is 4. The van der Waals surface area contributed by atoms with Crippen LogP contribution in [0.25, 0.3) is 0 Å². The number of benzene rings is 1. The minimum Gasteiger partial charge on any atom is -0.477 e. The molecule has 106 valence electrons. The lowest BCUT2D eigenvalue weighted by atomic mass is 10.2. The second-order valence-corrected chi connectivity index (χ2v) is 4.88. The van der Waals surface area contributed by atoms with Gasteiger partial charge in [-0.15, -0.1) is 0 Å². The molecule has 1 N–H and O–H groups in total. The number of rotatable bonds is 7. The Kier molecular flexibility index (Phi) is 6.87. The van der Waals surface area contributed by atoms with Crippen molar-refractivity contribution in [2.45, 2.75) is 32.9 Å². The molecule has 0 saturated carbocycles. The molecule has 1 rings (SSSR count). The zero-order valence-corrected chi connectivity index (χ0v) is 13.1. The highest BCUT2D eigenvalue weighted by molar-refractivity contribution is 9.10. The molecule has 0 aliphatic heterocycles. The third kappa shape index (κ3) is 4.51. The van der Waals surface area contributed by atoms with Crippen LogP contribution in [0.4, 0.5) is 0 Å². The summed E-state index contributed by atoms with van der Waals surface area (Å²) in [6.45, 7) is 4.72. The van der Waals surface area contributed by atoms with Crippen LogP contribution in [-0.2, 0) is 16.1 Å². The topological polar surface area (TPSA) is 47.6 Å². The first-order valence-electron chi connectivity index (χ1n) is 6.39. The zero-order chi connectivity index (χ0) is 14.3. The first-order chi connectivity index (χ1) is 9.13. The average molecular weight is 330 g/mol. The lowest BCUT2D eigenvalue weighted by Gasteiger charge is -2.19. The smallest absolute Gasteiger partial charge is 0.347 e. The maximum atomic E-state index is 11.8. The van der Waals surface area contributed by atoms with E-state index in [1.165, 1.54) is 0 Å². The lowest BCUT2D eigenvalue weighted by Crippen LogP contribution is -2.29. The quantitative estimate of drug-likeness (QED) is 0.781. The Balaban J connectivity index is 2.92. The molecule has 0 aromatic heterocycles. The molecule has 0 aliphatic rings. The number of carbonyl (C=O) groups is 1. The maximum absolute atomic E-state index is 11.8. The number of carbonyl (C=O) groups excluding carboxylic acids is 1.